The minimum Gasteiger partial charge on any atom is -0.437 e. The van der Waals surface area contributed by atoms with Gasteiger partial charge in [0.2, 0.25) is 5.88 Å². The Hall–Kier alpha value is -1.21. The van der Waals surface area contributed by atoms with Gasteiger partial charge in [0, 0.05) is 16.3 Å². The first kappa shape index (κ1) is 15.2. The van der Waals surface area contributed by atoms with Gasteiger partial charge in [-0.25, -0.2) is 4.98 Å². The smallest absolute Gasteiger partial charge is 0.238 e. The van der Waals surface area contributed by atoms with E-state index in [4.69, 9.17) is 4.74 Å². The lowest BCUT2D eigenvalue weighted by Crippen LogP contribution is -2.19. The largest absolute Gasteiger partial charge is 0.437 e. The Balaban J connectivity index is 1.99. The molecule has 0 aliphatic heterocycles. The van der Waals surface area contributed by atoms with Crippen LogP contribution in [0.4, 0.5) is 0 Å². The second-order valence-corrected chi connectivity index (χ2v) is 6.18. The maximum absolute atomic E-state index is 5.72. The predicted molar refractivity (Wildman–Crippen MR) is 87.8 cm³/mol. The molecule has 0 unspecified atom stereocenters. The van der Waals surface area contributed by atoms with E-state index in [0.717, 1.165) is 21.6 Å². The first-order chi connectivity index (χ1) is 9.63. The molecule has 20 heavy (non-hydrogen) atoms. The minimum absolute atomic E-state index is 0.524. The zero-order valence-corrected chi connectivity index (χ0v) is 13.8. The van der Waals surface area contributed by atoms with Gasteiger partial charge in [0.15, 0.2) is 0 Å². The number of halogens is 1. The van der Waals surface area contributed by atoms with Crippen LogP contribution in [0, 0.1) is 9.49 Å². The number of rotatable bonds is 6. The fraction of sp³-hybridized carbons (Fsp3) is 0.333. The topological polar surface area (TPSA) is 47.0 Å². The van der Waals surface area contributed by atoms with Gasteiger partial charge in [-0.1, -0.05) is 19.9 Å². The molecule has 0 bridgehead atoms. The molecule has 0 amide bonds. The van der Waals surface area contributed by atoms with Crippen molar-refractivity contribution < 1.29 is 4.74 Å². The monoisotopic (exact) mass is 383 g/mol. The lowest BCUT2D eigenvalue weighted by atomic mass is 10.2. The van der Waals surface area contributed by atoms with E-state index in [1.165, 1.54) is 0 Å². The highest BCUT2D eigenvalue weighted by atomic mass is 127. The van der Waals surface area contributed by atoms with Gasteiger partial charge in [-0.15, -0.1) is 0 Å². The van der Waals surface area contributed by atoms with Crippen LogP contribution in [0.1, 0.15) is 19.5 Å². The molecule has 2 rings (SSSR count). The summed E-state index contributed by atoms with van der Waals surface area (Å²) < 4.78 is 6.85. The van der Waals surface area contributed by atoms with E-state index in [1.807, 2.05) is 24.3 Å². The molecule has 2 aromatic rings. The van der Waals surface area contributed by atoms with E-state index in [1.54, 1.807) is 12.4 Å². The summed E-state index contributed by atoms with van der Waals surface area (Å²) >= 11 is 2.25. The van der Waals surface area contributed by atoms with Crippen LogP contribution in [0.2, 0.25) is 0 Å². The quantitative estimate of drug-likeness (QED) is 0.775. The molecular formula is C15H18IN3O. The van der Waals surface area contributed by atoms with Crippen molar-refractivity contribution in [1.82, 2.24) is 15.3 Å². The van der Waals surface area contributed by atoms with Gasteiger partial charge in [-0.3, -0.25) is 4.98 Å². The minimum atomic E-state index is 0.524. The van der Waals surface area contributed by atoms with Gasteiger partial charge >= 0.3 is 0 Å². The summed E-state index contributed by atoms with van der Waals surface area (Å²) in [7, 11) is 0. The number of hydrogen-bond donors (Lipinski definition) is 1. The molecule has 0 saturated carbocycles. The van der Waals surface area contributed by atoms with Crippen LogP contribution in [0.25, 0.3) is 0 Å². The highest BCUT2D eigenvalue weighted by Gasteiger charge is 2.02. The van der Waals surface area contributed by atoms with Gasteiger partial charge in [0.05, 0.1) is 11.9 Å². The standard InChI is InChI=1S/C15H18IN3O/c1-11(2)7-17-8-13-9-18-10-15(19-13)20-14-5-3-4-12(16)6-14/h3-6,9-11,17H,7-8H2,1-2H3. The molecule has 0 saturated heterocycles. The zero-order chi connectivity index (χ0) is 14.4. The maximum atomic E-state index is 5.72. The Labute approximate surface area is 133 Å². The van der Waals surface area contributed by atoms with E-state index in [9.17, 15) is 0 Å². The van der Waals surface area contributed by atoms with Crippen molar-refractivity contribution in [3.63, 3.8) is 0 Å². The Morgan fingerprint density at radius 2 is 2.15 bits per heavy atom. The Kier molecular flexibility index (Phi) is 5.72. The highest BCUT2D eigenvalue weighted by molar-refractivity contribution is 14.1. The van der Waals surface area contributed by atoms with E-state index >= 15 is 0 Å². The maximum Gasteiger partial charge on any atom is 0.238 e. The Morgan fingerprint density at radius 1 is 1.30 bits per heavy atom. The van der Waals surface area contributed by atoms with Gasteiger partial charge < -0.3 is 10.1 Å². The lowest BCUT2D eigenvalue weighted by Gasteiger charge is -2.08. The third-order valence-electron chi connectivity index (χ3n) is 2.54. The molecule has 0 radical (unpaired) electrons. The normalized spacial score (nSPS) is 10.8. The summed E-state index contributed by atoms with van der Waals surface area (Å²) in [5.41, 5.74) is 0.883. The third-order valence-corrected chi connectivity index (χ3v) is 3.21. The Morgan fingerprint density at radius 3 is 2.90 bits per heavy atom. The van der Waals surface area contributed by atoms with Crippen molar-refractivity contribution >= 4 is 22.6 Å². The van der Waals surface area contributed by atoms with Crippen LogP contribution in [0.3, 0.4) is 0 Å². The summed E-state index contributed by atoms with van der Waals surface area (Å²) in [6.45, 7) is 6.02. The van der Waals surface area contributed by atoms with E-state index in [0.29, 0.717) is 18.3 Å². The number of nitrogens with zero attached hydrogens (tertiary/aromatic N) is 2. The molecule has 106 valence electrons. The fourth-order valence-corrected chi connectivity index (χ4v) is 2.18. The molecule has 0 spiro atoms. The van der Waals surface area contributed by atoms with Crippen molar-refractivity contribution in [2.45, 2.75) is 20.4 Å². The van der Waals surface area contributed by atoms with Crippen LogP contribution in [0.5, 0.6) is 11.6 Å². The molecule has 1 aromatic heterocycles. The number of nitrogens with one attached hydrogen (secondary N) is 1. The number of benzene rings is 1. The summed E-state index contributed by atoms with van der Waals surface area (Å²) in [5.74, 6) is 1.92. The molecule has 5 heteroatoms. The van der Waals surface area contributed by atoms with Crippen LogP contribution < -0.4 is 10.1 Å². The molecule has 0 fully saturated rings. The van der Waals surface area contributed by atoms with E-state index in [-0.39, 0.29) is 0 Å². The van der Waals surface area contributed by atoms with Gasteiger partial charge in [-0.2, -0.15) is 0 Å². The zero-order valence-electron chi connectivity index (χ0n) is 11.6. The molecule has 0 aliphatic rings. The van der Waals surface area contributed by atoms with Gasteiger partial charge in [0.25, 0.3) is 0 Å². The van der Waals surface area contributed by atoms with Crippen molar-refractivity contribution in [1.29, 1.82) is 0 Å². The van der Waals surface area contributed by atoms with E-state index in [2.05, 4.69) is 51.7 Å². The molecule has 1 N–H and O–H groups in total. The Bertz CT molecular complexity index is 560. The first-order valence-corrected chi connectivity index (χ1v) is 7.66. The predicted octanol–water partition coefficient (Wildman–Crippen LogP) is 3.62. The van der Waals surface area contributed by atoms with Crippen molar-refractivity contribution in [2.24, 2.45) is 5.92 Å². The third kappa shape index (κ3) is 5.05. The molecule has 1 aromatic carbocycles. The van der Waals surface area contributed by atoms with Crippen LogP contribution in [-0.2, 0) is 6.54 Å². The van der Waals surface area contributed by atoms with Crippen LogP contribution >= 0.6 is 22.6 Å². The molecule has 0 atom stereocenters. The van der Waals surface area contributed by atoms with Gasteiger partial charge in [-0.05, 0) is 53.3 Å². The number of aromatic nitrogens is 2. The first-order valence-electron chi connectivity index (χ1n) is 6.58. The molecule has 1 heterocycles. The van der Waals surface area contributed by atoms with Gasteiger partial charge in [0.1, 0.15) is 5.75 Å². The summed E-state index contributed by atoms with van der Waals surface area (Å²) in [4.78, 5) is 8.62. The number of ether oxygens (including phenoxy) is 1. The summed E-state index contributed by atoms with van der Waals surface area (Å²) in [5, 5.41) is 3.34. The number of hydrogen-bond acceptors (Lipinski definition) is 4. The molecular weight excluding hydrogens is 365 g/mol. The SMILES string of the molecule is CC(C)CNCc1cncc(Oc2cccc(I)c2)n1. The van der Waals surface area contributed by atoms with Crippen LogP contribution in [-0.4, -0.2) is 16.5 Å². The second-order valence-electron chi connectivity index (χ2n) is 4.93. The lowest BCUT2D eigenvalue weighted by molar-refractivity contribution is 0.454. The van der Waals surface area contributed by atoms with Crippen LogP contribution in [0.15, 0.2) is 36.7 Å². The summed E-state index contributed by atoms with van der Waals surface area (Å²) in [6.07, 6.45) is 3.39. The summed E-state index contributed by atoms with van der Waals surface area (Å²) in [6, 6.07) is 7.85. The fourth-order valence-electron chi connectivity index (χ4n) is 1.66. The van der Waals surface area contributed by atoms with Crippen molar-refractivity contribution in [2.75, 3.05) is 6.54 Å². The molecule has 0 aliphatic carbocycles. The van der Waals surface area contributed by atoms with Crippen molar-refractivity contribution in [3.8, 4) is 11.6 Å². The average Bonchev–Trinajstić information content (AvgIpc) is 2.39. The van der Waals surface area contributed by atoms with E-state index < -0.39 is 0 Å². The molecule has 4 nitrogen and oxygen atoms in total. The van der Waals surface area contributed by atoms with Crippen molar-refractivity contribution in [3.05, 3.63) is 45.9 Å². The highest BCUT2D eigenvalue weighted by Crippen LogP contribution is 2.20. The average molecular weight is 383 g/mol. The second kappa shape index (κ2) is 7.54.